The van der Waals surface area contributed by atoms with E-state index in [-0.39, 0.29) is 49.9 Å². The van der Waals surface area contributed by atoms with E-state index in [2.05, 4.69) is 57.9 Å². The molecule has 2 aromatic carbocycles. The summed E-state index contributed by atoms with van der Waals surface area (Å²) in [5, 5.41) is 5.98. The van der Waals surface area contributed by atoms with Crippen LogP contribution in [-0.2, 0) is 46.4 Å². The normalized spacial score (nSPS) is 25.6. The maximum Gasteiger partial charge on any atom is 0.347 e. The molecule has 61 heavy (non-hydrogen) atoms. The highest BCUT2D eigenvalue weighted by molar-refractivity contribution is 8.76. The van der Waals surface area contributed by atoms with E-state index >= 15 is 0 Å². The summed E-state index contributed by atoms with van der Waals surface area (Å²) in [6.45, 7) is 17.7. The molecule has 1 unspecified atom stereocenters. The van der Waals surface area contributed by atoms with Crippen LogP contribution >= 0.6 is 33.2 Å². The summed E-state index contributed by atoms with van der Waals surface area (Å²) in [5.41, 5.74) is 1.79. The van der Waals surface area contributed by atoms with Gasteiger partial charge in [0.25, 0.3) is 0 Å². The molecular weight excluding hydrogens is 836 g/mol. The Balaban J connectivity index is 1.27. The SMILES string of the molecule is COc1ccc(C[C@H]2NC(=O)C=CC[C@@H]([C@H](C)[C@H]3O[C@@H]3c3ccc(CN4CCN(CC(C)CSSC)CC4)cc3)OC(=O)[C@H](CC(C)C)OC(=O)C(C)(C)CNC2=O)cc1Cl. The van der Waals surface area contributed by atoms with Crippen molar-refractivity contribution in [2.45, 2.75) is 97.8 Å². The number of benzene rings is 2. The first-order valence-electron chi connectivity index (χ1n) is 21.4. The molecule has 2 saturated heterocycles. The Morgan fingerprint density at radius 2 is 1.64 bits per heavy atom. The van der Waals surface area contributed by atoms with Crippen molar-refractivity contribution in [1.82, 2.24) is 20.4 Å². The first kappa shape index (κ1) is 48.8. The third-order valence-corrected chi connectivity index (χ3v) is 13.9. The Hall–Kier alpha value is -3.27. The second kappa shape index (κ2) is 22.9. The summed E-state index contributed by atoms with van der Waals surface area (Å²) in [4.78, 5) is 59.6. The van der Waals surface area contributed by atoms with E-state index in [1.54, 1.807) is 38.1 Å². The van der Waals surface area contributed by atoms with Gasteiger partial charge in [0, 0.05) is 70.3 Å². The molecule has 0 aliphatic carbocycles. The zero-order chi connectivity index (χ0) is 44.3. The van der Waals surface area contributed by atoms with E-state index in [1.165, 1.54) is 24.5 Å². The zero-order valence-corrected chi connectivity index (χ0v) is 39.3. The molecule has 15 heteroatoms. The largest absolute Gasteiger partial charge is 0.495 e. The van der Waals surface area contributed by atoms with Gasteiger partial charge in [0.05, 0.1) is 23.7 Å². The van der Waals surface area contributed by atoms with Gasteiger partial charge in [-0.1, -0.05) is 97.3 Å². The van der Waals surface area contributed by atoms with E-state index in [4.69, 9.17) is 30.5 Å². The number of rotatable bonds is 15. The lowest BCUT2D eigenvalue weighted by molar-refractivity contribution is -0.179. The average Bonchev–Trinajstić information content (AvgIpc) is 4.03. The van der Waals surface area contributed by atoms with Crippen LogP contribution < -0.4 is 15.4 Å². The molecule has 2 aromatic rings. The van der Waals surface area contributed by atoms with E-state index in [0.29, 0.717) is 22.3 Å². The number of ether oxygens (including phenoxy) is 4. The van der Waals surface area contributed by atoms with Gasteiger partial charge in [-0.05, 0) is 73.3 Å². The van der Waals surface area contributed by atoms with Crippen molar-refractivity contribution < 1.29 is 38.1 Å². The smallest absolute Gasteiger partial charge is 0.347 e. The fourth-order valence-electron chi connectivity index (χ4n) is 7.70. The van der Waals surface area contributed by atoms with Crippen molar-refractivity contribution in [3.8, 4) is 5.75 Å². The Labute approximate surface area is 375 Å². The molecule has 3 heterocycles. The van der Waals surface area contributed by atoms with Gasteiger partial charge in [0.15, 0.2) is 6.10 Å². The van der Waals surface area contributed by atoms with Gasteiger partial charge in [0.1, 0.15) is 24.0 Å². The quantitative estimate of drug-likeness (QED) is 0.109. The maximum atomic E-state index is 13.9. The first-order valence-corrected chi connectivity index (χ1v) is 24.5. The van der Waals surface area contributed by atoms with Crippen LogP contribution in [-0.4, -0.2) is 116 Å². The zero-order valence-electron chi connectivity index (χ0n) is 36.9. The molecule has 0 spiro atoms. The lowest BCUT2D eigenvalue weighted by atomic mass is 9.92. The van der Waals surface area contributed by atoms with Crippen LogP contribution in [0, 0.1) is 23.2 Å². The van der Waals surface area contributed by atoms with Crippen molar-refractivity contribution in [2.75, 3.05) is 58.4 Å². The topological polar surface area (TPSA) is 139 Å². The van der Waals surface area contributed by atoms with Crippen LogP contribution in [0.5, 0.6) is 5.75 Å². The second-order valence-electron chi connectivity index (χ2n) is 17.7. The number of hydrogen-bond acceptors (Lipinski definition) is 12. The molecule has 12 nitrogen and oxygen atoms in total. The van der Waals surface area contributed by atoms with Crippen molar-refractivity contribution in [3.05, 3.63) is 76.3 Å². The van der Waals surface area contributed by atoms with Crippen molar-refractivity contribution in [1.29, 1.82) is 0 Å². The predicted molar refractivity (Wildman–Crippen MR) is 243 cm³/mol. The summed E-state index contributed by atoms with van der Waals surface area (Å²) >= 11 is 6.38. The van der Waals surface area contributed by atoms with Gasteiger partial charge in [-0.25, -0.2) is 4.79 Å². The predicted octanol–water partition coefficient (Wildman–Crippen LogP) is 6.89. The molecule has 2 fully saturated rings. The Kier molecular flexibility index (Phi) is 18.3. The molecule has 7 atom stereocenters. The molecule has 336 valence electrons. The summed E-state index contributed by atoms with van der Waals surface area (Å²) in [5.74, 6) is -0.220. The second-order valence-corrected chi connectivity index (χ2v) is 20.7. The monoisotopic (exact) mass is 900 g/mol. The highest BCUT2D eigenvalue weighted by atomic mass is 35.5. The average molecular weight is 902 g/mol. The minimum atomic E-state index is -1.21. The minimum Gasteiger partial charge on any atom is -0.495 e. The van der Waals surface area contributed by atoms with E-state index in [1.807, 2.05) is 42.4 Å². The third-order valence-electron chi connectivity index (χ3n) is 11.5. The first-order chi connectivity index (χ1) is 29.1. The van der Waals surface area contributed by atoms with E-state index in [0.717, 1.165) is 44.8 Å². The summed E-state index contributed by atoms with van der Waals surface area (Å²) in [6.07, 6.45) is 3.41. The highest BCUT2D eigenvalue weighted by Crippen LogP contribution is 2.45. The van der Waals surface area contributed by atoms with E-state index in [9.17, 15) is 19.2 Å². The summed E-state index contributed by atoms with van der Waals surface area (Å²) in [6, 6.07) is 12.7. The van der Waals surface area contributed by atoms with Crippen LogP contribution in [0.25, 0.3) is 0 Å². The number of carbonyl (C=O) groups excluding carboxylic acids is 4. The number of piperazine rings is 1. The maximum absolute atomic E-state index is 13.9. The fourth-order valence-corrected chi connectivity index (χ4v) is 9.56. The van der Waals surface area contributed by atoms with Gasteiger partial charge in [-0.2, -0.15) is 0 Å². The standard InChI is InChI=1S/C46H65ClN4O8S2/c1-29(2)22-39-44(54)57-37(31(4)41-42(59-41)34-15-12-32(13-16-34)26-51-20-18-50(19-21-51)25-30(3)27-61-60-8)10-9-11-40(52)49-36(24-33-14-17-38(56-7)35(47)23-33)43(53)48-28-46(5,6)45(55)58-39/h9,11-17,23,29-31,36-37,39,41-42H,10,18-22,24-28H2,1-8H3,(H,48,53)(H,49,52)/t30?,31-,36+,37-,39-,41+,42+/m0/s1. The lowest BCUT2D eigenvalue weighted by Crippen LogP contribution is -2.51. The van der Waals surface area contributed by atoms with Crippen LogP contribution in [0.2, 0.25) is 5.02 Å². The number of amides is 2. The Morgan fingerprint density at radius 3 is 2.30 bits per heavy atom. The number of hydrogen-bond donors (Lipinski definition) is 2. The molecule has 3 aliphatic heterocycles. The van der Waals surface area contributed by atoms with Gasteiger partial charge >= 0.3 is 11.9 Å². The number of methoxy groups -OCH3 is 1. The number of nitrogens with zero attached hydrogens (tertiary/aromatic N) is 2. The summed E-state index contributed by atoms with van der Waals surface area (Å²) in [7, 11) is 5.29. The molecule has 0 saturated carbocycles. The lowest BCUT2D eigenvalue weighted by Gasteiger charge is -2.36. The summed E-state index contributed by atoms with van der Waals surface area (Å²) < 4.78 is 23.6. The molecular formula is C46H65ClN4O8S2. The van der Waals surface area contributed by atoms with Crippen LogP contribution in [0.4, 0.5) is 0 Å². The molecule has 5 rings (SSSR count). The molecule has 0 aromatic heterocycles. The van der Waals surface area contributed by atoms with Gasteiger partial charge in [-0.3, -0.25) is 19.3 Å². The number of carbonyl (C=O) groups is 4. The van der Waals surface area contributed by atoms with Crippen LogP contribution in [0.3, 0.4) is 0 Å². The number of nitrogens with one attached hydrogen (secondary N) is 2. The number of halogens is 1. The van der Waals surface area contributed by atoms with Crippen LogP contribution in [0.15, 0.2) is 54.6 Å². The van der Waals surface area contributed by atoms with Gasteiger partial charge < -0.3 is 34.5 Å². The van der Waals surface area contributed by atoms with Crippen LogP contribution in [0.1, 0.15) is 77.2 Å². The highest BCUT2D eigenvalue weighted by Gasteiger charge is 2.48. The van der Waals surface area contributed by atoms with Gasteiger partial charge in [-0.15, -0.1) is 0 Å². The number of esters is 2. The minimum absolute atomic E-state index is 0.0110. The third kappa shape index (κ3) is 14.6. The molecule has 3 aliphatic rings. The van der Waals surface area contributed by atoms with Crippen molar-refractivity contribution in [2.24, 2.45) is 23.2 Å². The van der Waals surface area contributed by atoms with Crippen molar-refractivity contribution >= 4 is 56.9 Å². The molecule has 0 bridgehead atoms. The molecule has 0 radical (unpaired) electrons. The van der Waals surface area contributed by atoms with Crippen molar-refractivity contribution in [3.63, 3.8) is 0 Å². The molecule has 2 N–H and O–H groups in total. The number of epoxide rings is 1. The Morgan fingerprint density at radius 1 is 0.951 bits per heavy atom. The fraction of sp³-hybridized carbons (Fsp3) is 0.609. The Bertz CT molecular complexity index is 1820. The van der Waals surface area contributed by atoms with E-state index < -0.39 is 47.4 Å². The van der Waals surface area contributed by atoms with Gasteiger partial charge in [0.2, 0.25) is 11.8 Å². The number of cyclic esters (lactones) is 2. The molecule has 2 amide bonds.